The van der Waals surface area contributed by atoms with Crippen LogP contribution >= 0.6 is 0 Å². The topological polar surface area (TPSA) is 73.2 Å². The smallest absolute Gasteiger partial charge is 0.342 e. The average Bonchev–Trinajstić information content (AvgIpc) is 3.43. The Morgan fingerprint density at radius 2 is 1.77 bits per heavy atom. The fourth-order valence-corrected chi connectivity index (χ4v) is 3.61. The molecule has 1 saturated carbocycles. The lowest BCUT2D eigenvalue weighted by molar-refractivity contribution is -0.124. The fraction of sp³-hybridized carbons (Fsp3) is 0.261. The van der Waals surface area contributed by atoms with Crippen LogP contribution in [-0.4, -0.2) is 34.3 Å². The van der Waals surface area contributed by atoms with Gasteiger partial charge in [-0.2, -0.15) is 5.10 Å². The SMILES string of the molecule is O=C(COC(=O)c1cn(-c2ccccc2)nc1-c1ccc(F)cc1)NC1CCCC1. The molecular weight excluding hydrogens is 385 g/mol. The van der Waals surface area contributed by atoms with Crippen LogP contribution in [0.1, 0.15) is 36.0 Å². The van der Waals surface area contributed by atoms with Crippen molar-refractivity contribution in [3.63, 3.8) is 0 Å². The zero-order chi connectivity index (χ0) is 20.9. The zero-order valence-electron chi connectivity index (χ0n) is 16.4. The number of amides is 1. The minimum Gasteiger partial charge on any atom is -0.452 e. The molecule has 30 heavy (non-hydrogen) atoms. The summed E-state index contributed by atoms with van der Waals surface area (Å²) in [5.41, 5.74) is 1.91. The van der Waals surface area contributed by atoms with Crippen LogP contribution in [0.25, 0.3) is 16.9 Å². The van der Waals surface area contributed by atoms with Crippen molar-refractivity contribution in [2.45, 2.75) is 31.7 Å². The molecule has 1 aromatic heterocycles. The van der Waals surface area contributed by atoms with Crippen molar-refractivity contribution in [1.82, 2.24) is 15.1 Å². The van der Waals surface area contributed by atoms with Crippen molar-refractivity contribution in [3.8, 4) is 16.9 Å². The molecule has 1 aliphatic rings. The van der Waals surface area contributed by atoms with E-state index >= 15 is 0 Å². The summed E-state index contributed by atoms with van der Waals surface area (Å²) >= 11 is 0. The third-order valence-corrected chi connectivity index (χ3v) is 5.13. The minimum atomic E-state index is -0.655. The van der Waals surface area contributed by atoms with Crippen LogP contribution in [0.15, 0.2) is 60.8 Å². The molecule has 0 bridgehead atoms. The van der Waals surface area contributed by atoms with E-state index in [1.807, 2.05) is 30.3 Å². The van der Waals surface area contributed by atoms with E-state index in [9.17, 15) is 14.0 Å². The normalized spacial score (nSPS) is 13.9. The summed E-state index contributed by atoms with van der Waals surface area (Å²) in [6, 6.07) is 15.2. The van der Waals surface area contributed by atoms with E-state index in [-0.39, 0.29) is 29.9 Å². The van der Waals surface area contributed by atoms with Gasteiger partial charge in [0.2, 0.25) is 0 Å². The number of carbonyl (C=O) groups is 2. The van der Waals surface area contributed by atoms with E-state index in [0.717, 1.165) is 31.4 Å². The summed E-state index contributed by atoms with van der Waals surface area (Å²) in [6.45, 7) is -0.352. The number of hydrogen-bond donors (Lipinski definition) is 1. The number of aromatic nitrogens is 2. The lowest BCUT2D eigenvalue weighted by atomic mass is 10.1. The first kappa shape index (κ1) is 19.8. The van der Waals surface area contributed by atoms with Gasteiger partial charge in [-0.3, -0.25) is 4.79 Å². The fourth-order valence-electron chi connectivity index (χ4n) is 3.61. The predicted molar refractivity (Wildman–Crippen MR) is 110 cm³/mol. The Bertz CT molecular complexity index is 1030. The third-order valence-electron chi connectivity index (χ3n) is 5.13. The number of para-hydroxylation sites is 1. The van der Waals surface area contributed by atoms with Crippen LogP contribution in [0.4, 0.5) is 4.39 Å². The summed E-state index contributed by atoms with van der Waals surface area (Å²) in [5.74, 6) is -1.35. The highest BCUT2D eigenvalue weighted by atomic mass is 19.1. The number of esters is 1. The molecule has 0 atom stereocenters. The number of hydrogen-bond acceptors (Lipinski definition) is 4. The molecule has 0 radical (unpaired) electrons. The van der Waals surface area contributed by atoms with Gasteiger partial charge in [0.1, 0.15) is 17.1 Å². The zero-order valence-corrected chi connectivity index (χ0v) is 16.4. The van der Waals surface area contributed by atoms with Crippen LogP contribution in [0.5, 0.6) is 0 Å². The molecule has 3 aromatic rings. The molecule has 7 heteroatoms. The summed E-state index contributed by atoms with van der Waals surface area (Å²) in [4.78, 5) is 24.9. The first-order valence-corrected chi connectivity index (χ1v) is 9.97. The maximum absolute atomic E-state index is 13.3. The molecule has 0 unspecified atom stereocenters. The van der Waals surface area contributed by atoms with Gasteiger partial charge in [0.25, 0.3) is 5.91 Å². The number of nitrogens with zero attached hydrogens (tertiary/aromatic N) is 2. The van der Waals surface area contributed by atoms with Gasteiger partial charge >= 0.3 is 5.97 Å². The van der Waals surface area contributed by atoms with Crippen molar-refractivity contribution >= 4 is 11.9 Å². The maximum atomic E-state index is 13.3. The Hall–Kier alpha value is -3.48. The van der Waals surface area contributed by atoms with Crippen molar-refractivity contribution in [3.05, 3.63) is 72.2 Å². The van der Waals surface area contributed by atoms with Crippen LogP contribution in [0, 0.1) is 5.82 Å². The Kier molecular flexibility index (Phi) is 5.88. The Labute approximate surface area is 173 Å². The molecule has 1 fully saturated rings. The van der Waals surface area contributed by atoms with Crippen LogP contribution in [-0.2, 0) is 9.53 Å². The monoisotopic (exact) mass is 407 g/mol. The van der Waals surface area contributed by atoms with E-state index < -0.39 is 5.97 Å². The van der Waals surface area contributed by atoms with Gasteiger partial charge in [0, 0.05) is 17.8 Å². The molecule has 6 nitrogen and oxygen atoms in total. The molecule has 0 aliphatic heterocycles. The first-order valence-electron chi connectivity index (χ1n) is 9.97. The largest absolute Gasteiger partial charge is 0.452 e. The first-order chi connectivity index (χ1) is 14.6. The lowest BCUT2D eigenvalue weighted by Gasteiger charge is -2.11. The summed E-state index contributed by atoms with van der Waals surface area (Å²) in [6.07, 6.45) is 5.68. The minimum absolute atomic E-state index is 0.159. The van der Waals surface area contributed by atoms with Crippen molar-refractivity contribution < 1.29 is 18.7 Å². The number of halogens is 1. The molecule has 1 amide bonds. The van der Waals surface area contributed by atoms with Gasteiger partial charge < -0.3 is 10.1 Å². The quantitative estimate of drug-likeness (QED) is 0.629. The molecule has 2 aromatic carbocycles. The van der Waals surface area contributed by atoms with E-state index in [2.05, 4.69) is 10.4 Å². The second-order valence-electron chi connectivity index (χ2n) is 7.30. The summed E-state index contributed by atoms with van der Waals surface area (Å²) in [5, 5.41) is 7.40. The Morgan fingerprint density at radius 1 is 1.07 bits per heavy atom. The molecule has 154 valence electrons. The molecule has 1 N–H and O–H groups in total. The highest BCUT2D eigenvalue weighted by Gasteiger charge is 2.22. The van der Waals surface area contributed by atoms with Gasteiger partial charge in [0.05, 0.1) is 5.69 Å². The maximum Gasteiger partial charge on any atom is 0.342 e. The second kappa shape index (κ2) is 8.90. The highest BCUT2D eigenvalue weighted by molar-refractivity contribution is 5.97. The highest BCUT2D eigenvalue weighted by Crippen LogP contribution is 2.25. The van der Waals surface area contributed by atoms with Crippen molar-refractivity contribution in [1.29, 1.82) is 0 Å². The van der Waals surface area contributed by atoms with E-state index in [0.29, 0.717) is 11.3 Å². The van der Waals surface area contributed by atoms with Gasteiger partial charge in [-0.15, -0.1) is 0 Å². The third kappa shape index (κ3) is 4.56. The number of carbonyl (C=O) groups excluding carboxylic acids is 2. The van der Waals surface area contributed by atoms with Gasteiger partial charge in [-0.05, 0) is 49.2 Å². The van der Waals surface area contributed by atoms with Gasteiger partial charge in [-0.25, -0.2) is 13.9 Å². The molecule has 0 spiro atoms. The molecule has 0 saturated heterocycles. The Morgan fingerprint density at radius 3 is 2.47 bits per heavy atom. The van der Waals surface area contributed by atoms with Crippen molar-refractivity contribution in [2.24, 2.45) is 0 Å². The van der Waals surface area contributed by atoms with Gasteiger partial charge in [0.15, 0.2) is 6.61 Å². The molecular formula is C23H22FN3O3. The van der Waals surface area contributed by atoms with Crippen LogP contribution in [0.2, 0.25) is 0 Å². The van der Waals surface area contributed by atoms with Gasteiger partial charge in [-0.1, -0.05) is 31.0 Å². The van der Waals surface area contributed by atoms with E-state index in [1.54, 1.807) is 23.0 Å². The lowest BCUT2D eigenvalue weighted by Crippen LogP contribution is -2.35. The Balaban J connectivity index is 1.55. The van der Waals surface area contributed by atoms with E-state index in [4.69, 9.17) is 4.74 Å². The number of benzene rings is 2. The summed E-state index contributed by atoms with van der Waals surface area (Å²) in [7, 11) is 0. The summed E-state index contributed by atoms with van der Waals surface area (Å²) < 4.78 is 20.2. The number of ether oxygens (including phenoxy) is 1. The average molecular weight is 407 g/mol. The molecule has 1 aliphatic carbocycles. The van der Waals surface area contributed by atoms with Crippen LogP contribution in [0.3, 0.4) is 0 Å². The number of nitrogens with one attached hydrogen (secondary N) is 1. The predicted octanol–water partition coefficient (Wildman–Crippen LogP) is 3.89. The van der Waals surface area contributed by atoms with E-state index in [1.165, 1.54) is 12.1 Å². The second-order valence-corrected chi connectivity index (χ2v) is 7.30. The number of rotatable bonds is 6. The standard InChI is InChI=1S/C23H22FN3O3/c24-17-12-10-16(11-13-17)22-20(14-27(26-22)19-8-2-1-3-9-19)23(29)30-15-21(28)25-18-6-4-5-7-18/h1-3,8-14,18H,4-7,15H2,(H,25,28). The molecule has 1 heterocycles. The molecule has 4 rings (SSSR count). The van der Waals surface area contributed by atoms with Crippen molar-refractivity contribution in [2.75, 3.05) is 6.61 Å². The van der Waals surface area contributed by atoms with Crippen LogP contribution < -0.4 is 5.32 Å².